The van der Waals surface area contributed by atoms with Crippen LogP contribution in [0.15, 0.2) is 17.3 Å². The first-order chi connectivity index (χ1) is 11.0. The van der Waals surface area contributed by atoms with E-state index in [1.807, 2.05) is 22.6 Å². The molecule has 0 saturated carbocycles. The lowest BCUT2D eigenvalue weighted by molar-refractivity contribution is -0.137. The zero-order valence-corrected chi connectivity index (χ0v) is 14.4. The third-order valence-electron chi connectivity index (χ3n) is 4.98. The number of hydrogen-bond acceptors (Lipinski definition) is 4. The molecule has 1 aromatic heterocycles. The number of ether oxygens (including phenoxy) is 1. The largest absolute Gasteiger partial charge is 0.383 e. The average molecular weight is 318 g/mol. The van der Waals surface area contributed by atoms with Crippen molar-refractivity contribution in [3.63, 3.8) is 0 Å². The van der Waals surface area contributed by atoms with Crippen LogP contribution >= 0.6 is 0 Å². The van der Waals surface area contributed by atoms with Crippen molar-refractivity contribution in [3.05, 3.63) is 12.3 Å². The van der Waals surface area contributed by atoms with Crippen LogP contribution in [0.2, 0.25) is 0 Å². The second-order valence-electron chi connectivity index (χ2n) is 6.88. The van der Waals surface area contributed by atoms with Gasteiger partial charge >= 0.3 is 0 Å². The summed E-state index contributed by atoms with van der Waals surface area (Å²) >= 11 is 0. The number of carbonyl (C=O) groups excluding carboxylic acids is 1. The fourth-order valence-electron chi connectivity index (χ4n) is 3.93. The molecule has 0 aliphatic carbocycles. The number of nitrogens with zero attached hydrogens (tertiary/aromatic N) is 4. The van der Waals surface area contributed by atoms with Gasteiger partial charge < -0.3 is 9.64 Å². The van der Waals surface area contributed by atoms with Crippen molar-refractivity contribution in [2.45, 2.75) is 45.7 Å². The Labute approximate surface area is 137 Å². The zero-order chi connectivity index (χ0) is 16.6. The van der Waals surface area contributed by atoms with Crippen LogP contribution in [-0.2, 0) is 9.53 Å². The van der Waals surface area contributed by atoms with E-state index in [0.29, 0.717) is 12.5 Å². The molecular weight excluding hydrogens is 292 g/mol. The molecule has 0 bridgehead atoms. The standard InChI is InChI=1S/C17H26N4O2/c1-11(2)16-15(12(3)19-14-7-8-18-21(14)16)17(22)20-9-5-6-13(20)10-23-4/h7-8,11,13,15-16H,5-6,9-10H2,1-4H3/t13-,15?,16?/m0/s1. The Hall–Kier alpha value is -1.69. The average Bonchev–Trinajstić information content (AvgIpc) is 3.14. The van der Waals surface area contributed by atoms with Gasteiger partial charge in [-0.05, 0) is 25.7 Å². The number of carbonyl (C=O) groups is 1. The van der Waals surface area contributed by atoms with Gasteiger partial charge in [0.2, 0.25) is 5.91 Å². The van der Waals surface area contributed by atoms with Crippen LogP contribution in [0.4, 0.5) is 5.82 Å². The second-order valence-corrected chi connectivity index (χ2v) is 6.88. The Kier molecular flexibility index (Phi) is 4.53. The molecule has 3 heterocycles. The van der Waals surface area contributed by atoms with E-state index in [1.165, 1.54) is 0 Å². The Bertz CT molecular complexity index is 607. The van der Waals surface area contributed by atoms with Gasteiger partial charge in [0.25, 0.3) is 0 Å². The van der Waals surface area contributed by atoms with E-state index in [-0.39, 0.29) is 23.9 Å². The number of hydrogen-bond donors (Lipinski definition) is 0. The third-order valence-corrected chi connectivity index (χ3v) is 4.98. The number of aliphatic imine (C=N–C) groups is 1. The van der Waals surface area contributed by atoms with Crippen molar-refractivity contribution >= 4 is 17.4 Å². The summed E-state index contributed by atoms with van der Waals surface area (Å²) in [6.07, 6.45) is 3.82. The highest BCUT2D eigenvalue weighted by Gasteiger charge is 2.43. The summed E-state index contributed by atoms with van der Waals surface area (Å²) in [7, 11) is 1.70. The second kappa shape index (κ2) is 6.43. The van der Waals surface area contributed by atoms with Crippen molar-refractivity contribution in [3.8, 4) is 0 Å². The molecule has 0 radical (unpaired) electrons. The first-order valence-corrected chi connectivity index (χ1v) is 8.42. The predicted octanol–water partition coefficient (Wildman–Crippen LogP) is 2.44. The number of methoxy groups -OCH3 is 1. The van der Waals surface area contributed by atoms with Gasteiger partial charge in [0.1, 0.15) is 0 Å². The fourth-order valence-corrected chi connectivity index (χ4v) is 3.93. The minimum absolute atomic E-state index is 0.0220. The SMILES string of the molecule is COC[C@@H]1CCCN1C(=O)C1C(C)=Nc2ccnn2C1C(C)C. The number of fused-ring (bicyclic) bond motifs is 1. The van der Waals surface area contributed by atoms with Crippen LogP contribution in [0.3, 0.4) is 0 Å². The highest BCUT2D eigenvalue weighted by Crippen LogP contribution is 2.37. The van der Waals surface area contributed by atoms with Gasteiger partial charge in [-0.2, -0.15) is 5.10 Å². The Morgan fingerprint density at radius 2 is 2.26 bits per heavy atom. The van der Waals surface area contributed by atoms with Gasteiger partial charge in [0.15, 0.2) is 5.82 Å². The molecule has 6 nitrogen and oxygen atoms in total. The highest BCUT2D eigenvalue weighted by molar-refractivity contribution is 6.05. The molecule has 3 atom stereocenters. The highest BCUT2D eigenvalue weighted by atomic mass is 16.5. The van der Waals surface area contributed by atoms with Gasteiger partial charge in [0.05, 0.1) is 30.8 Å². The van der Waals surface area contributed by atoms with E-state index in [0.717, 1.165) is 30.9 Å². The monoisotopic (exact) mass is 318 g/mol. The lowest BCUT2D eigenvalue weighted by Crippen LogP contribution is -2.48. The quantitative estimate of drug-likeness (QED) is 0.856. The molecule has 126 valence electrons. The lowest BCUT2D eigenvalue weighted by atomic mass is 9.85. The molecule has 23 heavy (non-hydrogen) atoms. The first-order valence-electron chi connectivity index (χ1n) is 8.42. The Balaban J connectivity index is 1.92. The van der Waals surface area contributed by atoms with Gasteiger partial charge in [-0.15, -0.1) is 0 Å². The normalized spacial score (nSPS) is 27.3. The van der Waals surface area contributed by atoms with Gasteiger partial charge in [-0.25, -0.2) is 9.67 Å². The van der Waals surface area contributed by atoms with Gasteiger partial charge in [-0.1, -0.05) is 13.8 Å². The van der Waals surface area contributed by atoms with E-state index < -0.39 is 0 Å². The van der Waals surface area contributed by atoms with Crippen LogP contribution in [0.25, 0.3) is 0 Å². The molecule has 1 aromatic rings. The summed E-state index contributed by atoms with van der Waals surface area (Å²) in [5.74, 6) is 1.09. The van der Waals surface area contributed by atoms with Crippen LogP contribution < -0.4 is 0 Å². The maximum Gasteiger partial charge on any atom is 0.233 e. The molecule has 6 heteroatoms. The number of likely N-dealkylation sites (tertiary alicyclic amines) is 1. The third kappa shape index (κ3) is 2.80. The summed E-state index contributed by atoms with van der Waals surface area (Å²) < 4.78 is 7.22. The molecule has 0 spiro atoms. The molecule has 3 rings (SSSR count). The van der Waals surface area contributed by atoms with Crippen LogP contribution in [0, 0.1) is 11.8 Å². The predicted molar refractivity (Wildman–Crippen MR) is 89.0 cm³/mol. The molecule has 0 aromatic carbocycles. The van der Waals surface area contributed by atoms with Gasteiger partial charge in [-0.3, -0.25) is 4.79 Å². The van der Waals surface area contributed by atoms with Crippen molar-refractivity contribution in [1.29, 1.82) is 0 Å². The maximum absolute atomic E-state index is 13.3. The fraction of sp³-hybridized carbons (Fsp3) is 0.706. The Morgan fingerprint density at radius 3 is 2.96 bits per heavy atom. The van der Waals surface area contributed by atoms with Crippen molar-refractivity contribution in [1.82, 2.24) is 14.7 Å². The smallest absolute Gasteiger partial charge is 0.233 e. The van der Waals surface area contributed by atoms with E-state index in [9.17, 15) is 4.79 Å². The topological polar surface area (TPSA) is 59.7 Å². The van der Waals surface area contributed by atoms with Crippen molar-refractivity contribution < 1.29 is 9.53 Å². The molecule has 0 N–H and O–H groups in total. The molecule has 1 saturated heterocycles. The summed E-state index contributed by atoms with van der Waals surface area (Å²) in [6, 6.07) is 2.12. The lowest BCUT2D eigenvalue weighted by Gasteiger charge is -2.37. The number of rotatable bonds is 4. The maximum atomic E-state index is 13.3. The van der Waals surface area contributed by atoms with Gasteiger partial charge in [0, 0.05) is 25.4 Å². The number of aromatic nitrogens is 2. The minimum Gasteiger partial charge on any atom is -0.383 e. The van der Waals surface area contributed by atoms with E-state index in [2.05, 4.69) is 23.9 Å². The molecule has 2 aliphatic rings. The van der Waals surface area contributed by atoms with Crippen LogP contribution in [-0.4, -0.2) is 52.6 Å². The first kappa shape index (κ1) is 16.2. The summed E-state index contributed by atoms with van der Waals surface area (Å²) in [5, 5.41) is 4.42. The van der Waals surface area contributed by atoms with E-state index in [4.69, 9.17) is 4.74 Å². The van der Waals surface area contributed by atoms with E-state index in [1.54, 1.807) is 13.3 Å². The van der Waals surface area contributed by atoms with Crippen LogP contribution in [0.5, 0.6) is 0 Å². The molecule has 1 amide bonds. The molecule has 2 aliphatic heterocycles. The van der Waals surface area contributed by atoms with Crippen LogP contribution in [0.1, 0.15) is 39.7 Å². The number of amides is 1. The minimum atomic E-state index is -0.236. The molecular formula is C17H26N4O2. The summed E-state index contributed by atoms with van der Waals surface area (Å²) in [4.78, 5) is 19.9. The Morgan fingerprint density at radius 1 is 1.48 bits per heavy atom. The summed E-state index contributed by atoms with van der Waals surface area (Å²) in [5.41, 5.74) is 0.893. The molecule has 2 unspecified atom stereocenters. The zero-order valence-electron chi connectivity index (χ0n) is 14.4. The van der Waals surface area contributed by atoms with Crippen molar-refractivity contribution in [2.75, 3.05) is 20.3 Å². The summed E-state index contributed by atoms with van der Waals surface area (Å²) in [6.45, 7) is 7.68. The molecule has 1 fully saturated rings. The van der Waals surface area contributed by atoms with Crippen molar-refractivity contribution in [2.24, 2.45) is 16.8 Å². The van der Waals surface area contributed by atoms with E-state index >= 15 is 0 Å².